The maximum absolute atomic E-state index is 6.13. The van der Waals surface area contributed by atoms with Gasteiger partial charge in [0.15, 0.2) is 5.11 Å². The molecule has 2 aromatic carbocycles. The number of anilines is 1. The molecular weight excluding hydrogens is 409 g/mol. The molecule has 1 aromatic heterocycles. The first-order valence-electron chi connectivity index (χ1n) is 9.53. The molecule has 3 nitrogen and oxygen atoms in total. The van der Waals surface area contributed by atoms with Crippen LogP contribution in [0.15, 0.2) is 48.7 Å². The summed E-state index contributed by atoms with van der Waals surface area (Å²) in [4.78, 5) is 2.23. The summed E-state index contributed by atoms with van der Waals surface area (Å²) < 4.78 is 2.28. The smallest absolute Gasteiger partial charge is 0.173 e. The van der Waals surface area contributed by atoms with E-state index in [9.17, 15) is 0 Å². The molecule has 0 saturated carbocycles. The summed E-state index contributed by atoms with van der Waals surface area (Å²) in [6, 6.07) is 14.2. The van der Waals surface area contributed by atoms with Crippen molar-refractivity contribution < 1.29 is 0 Å². The Morgan fingerprint density at radius 1 is 1.14 bits per heavy atom. The number of hydrogen-bond acceptors (Lipinski definition) is 1. The summed E-state index contributed by atoms with van der Waals surface area (Å²) in [5.74, 6) is 0. The minimum absolute atomic E-state index is 0.290. The molecule has 0 aliphatic rings. The Morgan fingerprint density at radius 3 is 2.46 bits per heavy atom. The molecule has 6 heteroatoms. The van der Waals surface area contributed by atoms with Gasteiger partial charge in [-0.1, -0.05) is 48.3 Å². The lowest BCUT2D eigenvalue weighted by atomic mass is 10.1. The quantitative estimate of drug-likeness (QED) is 0.423. The minimum atomic E-state index is 0.290. The Labute approximate surface area is 182 Å². The second kappa shape index (κ2) is 9.17. The number of thiocarbonyl (C=S) groups is 1. The van der Waals surface area contributed by atoms with Gasteiger partial charge in [0.05, 0.1) is 0 Å². The van der Waals surface area contributed by atoms with E-state index in [0.717, 1.165) is 25.2 Å². The first-order chi connectivity index (χ1) is 13.4. The number of aromatic nitrogens is 1. The molecule has 1 heterocycles. The van der Waals surface area contributed by atoms with Crippen molar-refractivity contribution in [2.24, 2.45) is 0 Å². The maximum Gasteiger partial charge on any atom is 0.173 e. The van der Waals surface area contributed by atoms with Crippen molar-refractivity contribution in [3.8, 4) is 0 Å². The lowest BCUT2D eigenvalue weighted by molar-refractivity contribution is 0.320. The van der Waals surface area contributed by atoms with Crippen LogP contribution in [0.2, 0.25) is 10.0 Å². The van der Waals surface area contributed by atoms with E-state index in [4.69, 9.17) is 35.4 Å². The Morgan fingerprint density at radius 2 is 1.82 bits per heavy atom. The molecule has 0 fully saturated rings. The number of rotatable bonds is 6. The molecule has 148 valence electrons. The maximum atomic E-state index is 6.13. The number of nitrogens with one attached hydrogen (secondary N) is 1. The summed E-state index contributed by atoms with van der Waals surface area (Å²) in [6.45, 7) is 8.21. The van der Waals surface area contributed by atoms with Gasteiger partial charge in [0.1, 0.15) is 0 Å². The van der Waals surface area contributed by atoms with E-state index in [0.29, 0.717) is 21.2 Å². The Bertz CT molecular complexity index is 963. The zero-order valence-electron chi connectivity index (χ0n) is 16.4. The number of nitrogens with zero attached hydrogens (tertiary/aromatic N) is 2. The van der Waals surface area contributed by atoms with E-state index in [1.807, 2.05) is 12.1 Å². The molecule has 1 N–H and O–H groups in total. The molecule has 0 aliphatic heterocycles. The van der Waals surface area contributed by atoms with Crippen LogP contribution >= 0.6 is 35.4 Å². The monoisotopic (exact) mass is 433 g/mol. The van der Waals surface area contributed by atoms with E-state index < -0.39 is 0 Å². The van der Waals surface area contributed by atoms with Gasteiger partial charge < -0.3 is 14.8 Å². The summed E-state index contributed by atoms with van der Waals surface area (Å²) in [5, 5.41) is 6.41. The number of halogens is 2. The van der Waals surface area contributed by atoms with Crippen LogP contribution in [0.1, 0.15) is 32.8 Å². The molecule has 0 unspecified atom stereocenters. The number of hydrogen-bond donors (Lipinski definition) is 1. The SMILES string of the molecule is CC[C@@H](C)N(Cc1cn(CC)c2ccccc12)C(=S)Nc1cc(Cl)cc(Cl)c1. The summed E-state index contributed by atoms with van der Waals surface area (Å²) in [7, 11) is 0. The predicted octanol–water partition coefficient (Wildman–Crippen LogP) is 6.97. The van der Waals surface area contributed by atoms with Crippen LogP contribution in [0.4, 0.5) is 5.69 Å². The van der Waals surface area contributed by atoms with E-state index in [-0.39, 0.29) is 0 Å². The lowest BCUT2D eigenvalue weighted by Gasteiger charge is -2.31. The van der Waals surface area contributed by atoms with Gasteiger partial charge in [-0.25, -0.2) is 0 Å². The molecule has 3 rings (SSSR count). The molecule has 0 radical (unpaired) electrons. The standard InChI is InChI=1S/C22H25Cl2N3S/c1-4-15(3)27(22(28)25-19-11-17(23)10-18(24)12-19)14-16-13-26(5-2)21-9-7-6-8-20(16)21/h6-13,15H,4-5,14H2,1-3H3,(H,25,28)/t15-/m1/s1. The number of fused-ring (bicyclic) bond motifs is 1. The van der Waals surface area contributed by atoms with Crippen LogP contribution in [0.5, 0.6) is 0 Å². The van der Waals surface area contributed by atoms with Crippen LogP contribution in [-0.4, -0.2) is 20.6 Å². The summed E-state index contributed by atoms with van der Waals surface area (Å²) in [6.07, 6.45) is 3.23. The van der Waals surface area contributed by atoms with E-state index in [1.165, 1.54) is 16.5 Å². The largest absolute Gasteiger partial charge is 0.347 e. The highest BCUT2D eigenvalue weighted by Crippen LogP contribution is 2.26. The first kappa shape index (κ1) is 21.0. The van der Waals surface area contributed by atoms with Crippen molar-refractivity contribution in [2.75, 3.05) is 5.32 Å². The fourth-order valence-corrected chi connectivity index (χ4v) is 4.25. The predicted molar refractivity (Wildman–Crippen MR) is 126 cm³/mol. The average Bonchev–Trinajstić information content (AvgIpc) is 3.02. The molecule has 1 atom stereocenters. The molecule has 3 aromatic rings. The topological polar surface area (TPSA) is 20.2 Å². The third-order valence-electron chi connectivity index (χ3n) is 5.05. The van der Waals surface area contributed by atoms with Gasteiger partial charge in [-0.3, -0.25) is 0 Å². The van der Waals surface area contributed by atoms with Crippen LogP contribution in [0.3, 0.4) is 0 Å². The van der Waals surface area contributed by atoms with Crippen molar-refractivity contribution in [1.82, 2.24) is 9.47 Å². The Balaban J connectivity index is 1.89. The zero-order chi connectivity index (χ0) is 20.3. The van der Waals surface area contributed by atoms with Gasteiger partial charge in [-0.15, -0.1) is 0 Å². The molecule has 0 amide bonds. The summed E-state index contributed by atoms with van der Waals surface area (Å²) >= 11 is 18.0. The van der Waals surface area contributed by atoms with Crippen molar-refractivity contribution in [2.45, 2.75) is 46.3 Å². The van der Waals surface area contributed by atoms with Crippen LogP contribution in [-0.2, 0) is 13.1 Å². The van der Waals surface area contributed by atoms with Gasteiger partial charge >= 0.3 is 0 Å². The highest BCUT2D eigenvalue weighted by atomic mass is 35.5. The minimum Gasteiger partial charge on any atom is -0.347 e. The molecule has 0 bridgehead atoms. The molecule has 0 aliphatic carbocycles. The fraction of sp³-hybridized carbons (Fsp3) is 0.318. The third-order valence-corrected chi connectivity index (χ3v) is 5.82. The Hall–Kier alpha value is -1.75. The second-order valence-corrected chi connectivity index (χ2v) is 8.19. The molecule has 28 heavy (non-hydrogen) atoms. The average molecular weight is 434 g/mol. The van der Waals surface area contributed by atoms with Gasteiger partial charge in [-0.05, 0) is 62.3 Å². The lowest BCUT2D eigenvalue weighted by Crippen LogP contribution is -2.40. The van der Waals surface area contributed by atoms with E-state index in [2.05, 4.69) is 66.0 Å². The van der Waals surface area contributed by atoms with Gasteiger partial charge in [0.2, 0.25) is 0 Å². The molecule has 0 spiro atoms. The van der Waals surface area contributed by atoms with Gasteiger partial charge in [0, 0.05) is 52.0 Å². The van der Waals surface area contributed by atoms with Crippen LogP contribution in [0.25, 0.3) is 10.9 Å². The Kier molecular flexibility index (Phi) is 6.86. The van der Waals surface area contributed by atoms with Crippen molar-refractivity contribution >= 4 is 57.1 Å². The van der Waals surface area contributed by atoms with E-state index in [1.54, 1.807) is 6.07 Å². The molecular formula is C22H25Cl2N3S. The number of aryl methyl sites for hydroxylation is 1. The third kappa shape index (κ3) is 4.62. The highest BCUT2D eigenvalue weighted by molar-refractivity contribution is 7.80. The second-order valence-electron chi connectivity index (χ2n) is 6.93. The van der Waals surface area contributed by atoms with Crippen molar-refractivity contribution in [1.29, 1.82) is 0 Å². The summed E-state index contributed by atoms with van der Waals surface area (Å²) in [5.41, 5.74) is 3.32. The first-order valence-corrected chi connectivity index (χ1v) is 10.7. The van der Waals surface area contributed by atoms with Gasteiger partial charge in [-0.2, -0.15) is 0 Å². The number of benzene rings is 2. The van der Waals surface area contributed by atoms with E-state index >= 15 is 0 Å². The normalized spacial score (nSPS) is 12.2. The van der Waals surface area contributed by atoms with Gasteiger partial charge in [0.25, 0.3) is 0 Å². The highest BCUT2D eigenvalue weighted by Gasteiger charge is 2.19. The van der Waals surface area contributed by atoms with Crippen molar-refractivity contribution in [3.05, 3.63) is 64.3 Å². The van der Waals surface area contributed by atoms with Crippen LogP contribution in [0, 0.1) is 0 Å². The zero-order valence-corrected chi connectivity index (χ0v) is 18.7. The molecule has 0 saturated heterocycles. The number of para-hydroxylation sites is 1. The fourth-order valence-electron chi connectivity index (χ4n) is 3.36. The van der Waals surface area contributed by atoms with Crippen LogP contribution < -0.4 is 5.32 Å². The van der Waals surface area contributed by atoms with Crippen molar-refractivity contribution in [3.63, 3.8) is 0 Å².